The molecule has 0 aromatic heterocycles. The largest absolute Gasteiger partial charge is 0.294 e. The van der Waals surface area contributed by atoms with Crippen molar-refractivity contribution >= 4 is 5.78 Å². The molecule has 1 nitrogen and oxygen atoms in total. The van der Waals surface area contributed by atoms with Crippen LogP contribution in [0.4, 0.5) is 4.39 Å². The average Bonchev–Trinajstić information content (AvgIpc) is 2.72. The molecule has 3 rings (SSSR count). The fraction of sp³-hybridized carbons (Fsp3) is 0.462. The van der Waals surface area contributed by atoms with Gasteiger partial charge >= 0.3 is 0 Å². The van der Waals surface area contributed by atoms with E-state index < -0.39 is 0 Å². The topological polar surface area (TPSA) is 17.1 Å². The van der Waals surface area contributed by atoms with Crippen LogP contribution in [0.1, 0.15) is 29.6 Å². The van der Waals surface area contributed by atoms with E-state index in [9.17, 15) is 9.18 Å². The standard InChI is InChI=1S/C13H13FO/c14-9-6-4-8(5-7-9)13(15)12-10-2-1-3-11(10)12/h4-7,10-12H,1-3H2. The van der Waals surface area contributed by atoms with Crippen molar-refractivity contribution in [2.45, 2.75) is 19.3 Å². The number of hydrogen-bond donors (Lipinski definition) is 0. The van der Waals surface area contributed by atoms with Crippen LogP contribution in [0.15, 0.2) is 24.3 Å². The molecule has 2 saturated carbocycles. The van der Waals surface area contributed by atoms with Crippen LogP contribution in [0.25, 0.3) is 0 Å². The maximum absolute atomic E-state index is 12.7. The molecule has 0 spiro atoms. The molecule has 0 radical (unpaired) electrons. The maximum Gasteiger partial charge on any atom is 0.166 e. The zero-order chi connectivity index (χ0) is 10.4. The van der Waals surface area contributed by atoms with E-state index in [-0.39, 0.29) is 17.5 Å². The van der Waals surface area contributed by atoms with Crippen molar-refractivity contribution in [3.05, 3.63) is 35.6 Å². The number of Topliss-reactive ketones (excluding diaryl/α,β-unsaturated/α-hetero) is 1. The SMILES string of the molecule is O=C(c1ccc(F)cc1)C1C2CCCC21. The third-order valence-corrected chi connectivity index (χ3v) is 3.84. The first-order valence-electron chi connectivity index (χ1n) is 5.57. The number of hydrogen-bond acceptors (Lipinski definition) is 1. The summed E-state index contributed by atoms with van der Waals surface area (Å²) in [5.74, 6) is 1.49. The van der Waals surface area contributed by atoms with Crippen LogP contribution in [0.5, 0.6) is 0 Å². The molecule has 2 aliphatic rings. The molecule has 1 aromatic carbocycles. The highest BCUT2D eigenvalue weighted by atomic mass is 19.1. The Labute approximate surface area is 88.3 Å². The molecule has 0 amide bonds. The smallest absolute Gasteiger partial charge is 0.166 e. The van der Waals surface area contributed by atoms with Crippen LogP contribution in [0, 0.1) is 23.6 Å². The van der Waals surface area contributed by atoms with Gasteiger partial charge in [0, 0.05) is 11.5 Å². The molecule has 2 heteroatoms. The first-order chi connectivity index (χ1) is 7.27. The van der Waals surface area contributed by atoms with Crippen LogP contribution in [-0.2, 0) is 0 Å². The lowest BCUT2D eigenvalue weighted by Crippen LogP contribution is -2.06. The summed E-state index contributed by atoms with van der Waals surface area (Å²) in [6, 6.07) is 5.94. The summed E-state index contributed by atoms with van der Waals surface area (Å²) >= 11 is 0. The number of benzene rings is 1. The maximum atomic E-state index is 12.7. The number of fused-ring (bicyclic) bond motifs is 1. The van der Waals surface area contributed by atoms with E-state index in [1.807, 2.05) is 0 Å². The normalized spacial score (nSPS) is 32.5. The summed E-state index contributed by atoms with van der Waals surface area (Å²) in [5, 5.41) is 0. The number of halogens is 1. The van der Waals surface area contributed by atoms with E-state index >= 15 is 0 Å². The van der Waals surface area contributed by atoms with Crippen LogP contribution in [0.2, 0.25) is 0 Å². The van der Waals surface area contributed by atoms with Crippen molar-refractivity contribution in [3.63, 3.8) is 0 Å². The highest BCUT2D eigenvalue weighted by Gasteiger charge is 2.56. The van der Waals surface area contributed by atoms with Crippen LogP contribution in [0.3, 0.4) is 0 Å². The zero-order valence-corrected chi connectivity index (χ0v) is 8.45. The second kappa shape index (κ2) is 3.16. The molecule has 78 valence electrons. The van der Waals surface area contributed by atoms with Gasteiger partial charge in [-0.2, -0.15) is 0 Å². The van der Waals surface area contributed by atoms with Crippen molar-refractivity contribution in [1.82, 2.24) is 0 Å². The van der Waals surface area contributed by atoms with Crippen LogP contribution in [-0.4, -0.2) is 5.78 Å². The number of rotatable bonds is 2. The molecule has 2 atom stereocenters. The van der Waals surface area contributed by atoms with Crippen molar-refractivity contribution in [2.24, 2.45) is 17.8 Å². The first-order valence-corrected chi connectivity index (χ1v) is 5.57. The van der Waals surface area contributed by atoms with E-state index in [1.54, 1.807) is 12.1 Å². The van der Waals surface area contributed by atoms with Gasteiger partial charge in [-0.25, -0.2) is 4.39 Å². The van der Waals surface area contributed by atoms with E-state index in [1.165, 1.54) is 31.4 Å². The Morgan fingerprint density at radius 1 is 1.13 bits per heavy atom. The number of ketones is 1. The van der Waals surface area contributed by atoms with Crippen molar-refractivity contribution in [1.29, 1.82) is 0 Å². The molecule has 15 heavy (non-hydrogen) atoms. The summed E-state index contributed by atoms with van der Waals surface area (Å²) in [6.07, 6.45) is 3.70. The van der Waals surface area contributed by atoms with Gasteiger partial charge in [0.15, 0.2) is 5.78 Å². The quantitative estimate of drug-likeness (QED) is 0.677. The molecule has 2 fully saturated rings. The molecule has 0 aliphatic heterocycles. The molecular formula is C13H13FO. The van der Waals surface area contributed by atoms with Gasteiger partial charge in [-0.05, 0) is 48.9 Å². The van der Waals surface area contributed by atoms with Gasteiger partial charge in [0.05, 0.1) is 0 Å². The van der Waals surface area contributed by atoms with E-state index in [0.717, 1.165) is 0 Å². The fourth-order valence-corrected chi connectivity index (χ4v) is 3.02. The second-order valence-corrected chi connectivity index (χ2v) is 4.66. The molecule has 2 aliphatic carbocycles. The number of carbonyl (C=O) groups is 1. The Kier molecular flexibility index (Phi) is 1.91. The van der Waals surface area contributed by atoms with Gasteiger partial charge in [0.1, 0.15) is 5.82 Å². The van der Waals surface area contributed by atoms with E-state index in [0.29, 0.717) is 17.4 Å². The lowest BCUT2D eigenvalue weighted by atomic mass is 10.0. The van der Waals surface area contributed by atoms with Gasteiger partial charge in [0.2, 0.25) is 0 Å². The summed E-state index contributed by atoms with van der Waals surface area (Å²) in [4.78, 5) is 12.0. The van der Waals surface area contributed by atoms with Gasteiger partial charge in [-0.1, -0.05) is 6.42 Å². The minimum absolute atomic E-state index is 0.227. The van der Waals surface area contributed by atoms with Crippen molar-refractivity contribution in [3.8, 4) is 0 Å². The highest BCUT2D eigenvalue weighted by molar-refractivity contribution is 6.00. The summed E-state index contributed by atoms with van der Waals surface area (Å²) < 4.78 is 12.7. The first kappa shape index (κ1) is 9.08. The van der Waals surface area contributed by atoms with Gasteiger partial charge in [0.25, 0.3) is 0 Å². The zero-order valence-electron chi connectivity index (χ0n) is 8.45. The molecule has 1 aromatic rings. The van der Waals surface area contributed by atoms with Crippen LogP contribution >= 0.6 is 0 Å². The summed E-state index contributed by atoms with van der Waals surface area (Å²) in [6.45, 7) is 0. The molecule has 0 saturated heterocycles. The molecule has 2 unspecified atom stereocenters. The predicted molar refractivity (Wildman–Crippen MR) is 55.1 cm³/mol. The van der Waals surface area contributed by atoms with E-state index in [4.69, 9.17) is 0 Å². The van der Waals surface area contributed by atoms with Gasteiger partial charge < -0.3 is 0 Å². The van der Waals surface area contributed by atoms with E-state index in [2.05, 4.69) is 0 Å². The summed E-state index contributed by atoms with van der Waals surface area (Å²) in [5.41, 5.74) is 0.677. The third kappa shape index (κ3) is 1.39. The Bertz CT molecular complexity index is 386. The lowest BCUT2D eigenvalue weighted by molar-refractivity contribution is 0.0951. The van der Waals surface area contributed by atoms with Gasteiger partial charge in [-0.15, -0.1) is 0 Å². The minimum atomic E-state index is -0.275. The number of carbonyl (C=O) groups excluding carboxylic acids is 1. The highest BCUT2D eigenvalue weighted by Crippen LogP contribution is 2.58. The molecule has 0 N–H and O–H groups in total. The Hall–Kier alpha value is -1.18. The Morgan fingerprint density at radius 2 is 1.73 bits per heavy atom. The Balaban J connectivity index is 1.78. The van der Waals surface area contributed by atoms with Crippen LogP contribution < -0.4 is 0 Å². The monoisotopic (exact) mass is 204 g/mol. The molecule has 0 heterocycles. The third-order valence-electron chi connectivity index (χ3n) is 3.84. The van der Waals surface area contributed by atoms with Crippen molar-refractivity contribution in [2.75, 3.05) is 0 Å². The lowest BCUT2D eigenvalue weighted by Gasteiger charge is -2.02. The summed E-state index contributed by atoms with van der Waals surface area (Å²) in [7, 11) is 0. The predicted octanol–water partition coefficient (Wildman–Crippen LogP) is 3.05. The van der Waals surface area contributed by atoms with Gasteiger partial charge in [-0.3, -0.25) is 4.79 Å². The van der Waals surface area contributed by atoms with Crippen molar-refractivity contribution < 1.29 is 9.18 Å². The second-order valence-electron chi connectivity index (χ2n) is 4.66. The fourth-order valence-electron chi connectivity index (χ4n) is 3.02. The Morgan fingerprint density at radius 3 is 2.33 bits per heavy atom. The molecular weight excluding hydrogens is 191 g/mol. The average molecular weight is 204 g/mol. The minimum Gasteiger partial charge on any atom is -0.294 e. The molecule has 0 bridgehead atoms.